The lowest BCUT2D eigenvalue weighted by molar-refractivity contribution is -0.111. The molecule has 24 heavy (non-hydrogen) atoms. The standard InChI is InChI=1S/C20H21NO3/c22-14-16-9-11-21(12-10-16)19-8-4-7-18(13-19)20(23)24-15-17-5-2-1-3-6-17/h1-8,13-14,16H,9-12,15H2. The summed E-state index contributed by atoms with van der Waals surface area (Å²) in [6.07, 6.45) is 2.78. The molecule has 2 aromatic rings. The number of aldehydes is 1. The monoisotopic (exact) mass is 323 g/mol. The first-order valence-electron chi connectivity index (χ1n) is 8.27. The van der Waals surface area contributed by atoms with Gasteiger partial charge in [-0.1, -0.05) is 36.4 Å². The summed E-state index contributed by atoms with van der Waals surface area (Å²) in [5.74, 6) is -0.149. The van der Waals surface area contributed by atoms with E-state index in [0.717, 1.165) is 43.5 Å². The maximum atomic E-state index is 12.3. The van der Waals surface area contributed by atoms with Crippen molar-refractivity contribution in [2.75, 3.05) is 18.0 Å². The highest BCUT2D eigenvalue weighted by molar-refractivity contribution is 5.90. The number of anilines is 1. The highest BCUT2D eigenvalue weighted by atomic mass is 16.5. The van der Waals surface area contributed by atoms with Gasteiger partial charge in [0.25, 0.3) is 0 Å². The highest BCUT2D eigenvalue weighted by Crippen LogP contribution is 2.23. The number of piperidine rings is 1. The molecular weight excluding hydrogens is 302 g/mol. The van der Waals surface area contributed by atoms with Crippen LogP contribution >= 0.6 is 0 Å². The third-order valence-corrected chi connectivity index (χ3v) is 4.39. The van der Waals surface area contributed by atoms with E-state index < -0.39 is 0 Å². The zero-order valence-corrected chi connectivity index (χ0v) is 13.6. The fourth-order valence-electron chi connectivity index (χ4n) is 2.93. The van der Waals surface area contributed by atoms with Gasteiger partial charge >= 0.3 is 5.97 Å². The van der Waals surface area contributed by atoms with E-state index in [-0.39, 0.29) is 18.5 Å². The predicted octanol–water partition coefficient (Wildman–Crippen LogP) is 3.46. The maximum absolute atomic E-state index is 12.3. The molecule has 124 valence electrons. The van der Waals surface area contributed by atoms with Crippen LogP contribution in [0.25, 0.3) is 0 Å². The van der Waals surface area contributed by atoms with Crippen molar-refractivity contribution >= 4 is 17.9 Å². The number of benzene rings is 2. The third-order valence-electron chi connectivity index (χ3n) is 4.39. The maximum Gasteiger partial charge on any atom is 0.338 e. The van der Waals surface area contributed by atoms with E-state index in [0.29, 0.717) is 5.56 Å². The van der Waals surface area contributed by atoms with Crippen molar-refractivity contribution in [3.63, 3.8) is 0 Å². The molecule has 0 radical (unpaired) electrons. The Bertz CT molecular complexity index is 691. The summed E-state index contributed by atoms with van der Waals surface area (Å²) < 4.78 is 5.39. The Morgan fingerprint density at radius 3 is 2.54 bits per heavy atom. The number of hydrogen-bond donors (Lipinski definition) is 0. The molecule has 1 saturated heterocycles. The quantitative estimate of drug-likeness (QED) is 0.624. The molecule has 1 heterocycles. The molecule has 2 aromatic carbocycles. The summed E-state index contributed by atoms with van der Waals surface area (Å²) in [6.45, 7) is 1.95. The number of ether oxygens (including phenoxy) is 1. The number of nitrogens with zero attached hydrogens (tertiary/aromatic N) is 1. The van der Waals surface area contributed by atoms with Crippen LogP contribution in [0, 0.1) is 5.92 Å². The second-order valence-corrected chi connectivity index (χ2v) is 6.07. The number of rotatable bonds is 5. The normalized spacial score (nSPS) is 15.1. The van der Waals surface area contributed by atoms with Gasteiger partial charge in [-0.3, -0.25) is 0 Å². The Morgan fingerprint density at radius 2 is 1.83 bits per heavy atom. The minimum absolute atomic E-state index is 0.167. The van der Waals surface area contributed by atoms with Gasteiger partial charge in [0.2, 0.25) is 0 Å². The van der Waals surface area contributed by atoms with Gasteiger partial charge in [0.1, 0.15) is 12.9 Å². The Balaban J connectivity index is 1.62. The van der Waals surface area contributed by atoms with Crippen LogP contribution in [0.4, 0.5) is 5.69 Å². The first kappa shape index (κ1) is 16.2. The molecule has 4 nitrogen and oxygen atoms in total. The van der Waals surface area contributed by atoms with E-state index in [9.17, 15) is 9.59 Å². The van der Waals surface area contributed by atoms with Crippen LogP contribution in [0.2, 0.25) is 0 Å². The smallest absolute Gasteiger partial charge is 0.338 e. The summed E-state index contributed by atoms with van der Waals surface area (Å²) in [7, 11) is 0. The lowest BCUT2D eigenvalue weighted by Crippen LogP contribution is -2.34. The van der Waals surface area contributed by atoms with Gasteiger partial charge in [0.05, 0.1) is 5.56 Å². The van der Waals surface area contributed by atoms with Crippen molar-refractivity contribution in [3.8, 4) is 0 Å². The molecular formula is C20H21NO3. The van der Waals surface area contributed by atoms with E-state index in [4.69, 9.17) is 4.74 Å². The lowest BCUT2D eigenvalue weighted by Gasteiger charge is -2.31. The molecule has 0 saturated carbocycles. The van der Waals surface area contributed by atoms with E-state index >= 15 is 0 Å². The molecule has 0 bridgehead atoms. The van der Waals surface area contributed by atoms with Crippen molar-refractivity contribution in [1.82, 2.24) is 0 Å². The van der Waals surface area contributed by atoms with Gasteiger partial charge in [-0.2, -0.15) is 0 Å². The molecule has 0 spiro atoms. The van der Waals surface area contributed by atoms with E-state index in [2.05, 4.69) is 4.90 Å². The topological polar surface area (TPSA) is 46.6 Å². The molecule has 4 heteroatoms. The van der Waals surface area contributed by atoms with E-state index in [1.165, 1.54) is 0 Å². The van der Waals surface area contributed by atoms with Gasteiger partial charge in [0, 0.05) is 24.7 Å². The van der Waals surface area contributed by atoms with Crippen molar-refractivity contribution in [1.29, 1.82) is 0 Å². The molecule has 0 atom stereocenters. The fraction of sp³-hybridized carbons (Fsp3) is 0.300. The Morgan fingerprint density at radius 1 is 1.08 bits per heavy atom. The summed E-state index contributed by atoms with van der Waals surface area (Å²) >= 11 is 0. The molecule has 0 aliphatic carbocycles. The summed E-state index contributed by atoms with van der Waals surface area (Å²) in [4.78, 5) is 25.3. The molecule has 1 aliphatic heterocycles. The average molecular weight is 323 g/mol. The molecule has 0 aromatic heterocycles. The summed E-state index contributed by atoms with van der Waals surface area (Å²) in [6, 6.07) is 17.2. The second-order valence-electron chi connectivity index (χ2n) is 6.07. The van der Waals surface area contributed by atoms with Crippen LogP contribution in [0.5, 0.6) is 0 Å². The number of carbonyl (C=O) groups excluding carboxylic acids is 2. The largest absolute Gasteiger partial charge is 0.457 e. The Kier molecular flexibility index (Phi) is 5.26. The van der Waals surface area contributed by atoms with E-state index in [1.807, 2.05) is 48.5 Å². The van der Waals surface area contributed by atoms with Gasteiger partial charge in [0.15, 0.2) is 0 Å². The minimum atomic E-state index is -0.316. The predicted molar refractivity (Wildman–Crippen MR) is 93.0 cm³/mol. The first-order chi connectivity index (χ1) is 11.8. The molecule has 1 aliphatic rings. The zero-order chi connectivity index (χ0) is 16.8. The molecule has 0 N–H and O–H groups in total. The van der Waals surface area contributed by atoms with Crippen LogP contribution in [0.15, 0.2) is 54.6 Å². The Hall–Kier alpha value is -2.62. The molecule has 1 fully saturated rings. The van der Waals surface area contributed by atoms with Crippen LogP contribution in [0.3, 0.4) is 0 Å². The third kappa shape index (κ3) is 4.02. The molecule has 0 unspecified atom stereocenters. The van der Waals surface area contributed by atoms with Crippen molar-refractivity contribution in [2.45, 2.75) is 19.4 Å². The van der Waals surface area contributed by atoms with Gasteiger partial charge in [-0.25, -0.2) is 4.79 Å². The molecule has 0 amide bonds. The van der Waals surface area contributed by atoms with Crippen molar-refractivity contribution in [2.24, 2.45) is 5.92 Å². The second kappa shape index (κ2) is 7.77. The van der Waals surface area contributed by atoms with Gasteiger partial charge in [-0.05, 0) is 36.6 Å². The van der Waals surface area contributed by atoms with Crippen LogP contribution in [-0.2, 0) is 16.1 Å². The average Bonchev–Trinajstić information content (AvgIpc) is 2.67. The molecule has 3 rings (SSSR count). The minimum Gasteiger partial charge on any atom is -0.457 e. The summed E-state index contributed by atoms with van der Waals surface area (Å²) in [5.41, 5.74) is 2.53. The van der Waals surface area contributed by atoms with Gasteiger partial charge < -0.3 is 14.4 Å². The first-order valence-corrected chi connectivity index (χ1v) is 8.27. The number of hydrogen-bond acceptors (Lipinski definition) is 4. The van der Waals surface area contributed by atoms with Crippen LogP contribution in [-0.4, -0.2) is 25.3 Å². The lowest BCUT2D eigenvalue weighted by atomic mass is 9.98. The van der Waals surface area contributed by atoms with Crippen molar-refractivity contribution < 1.29 is 14.3 Å². The SMILES string of the molecule is O=CC1CCN(c2cccc(C(=O)OCc3ccccc3)c2)CC1. The summed E-state index contributed by atoms with van der Waals surface area (Å²) in [5, 5.41) is 0. The highest BCUT2D eigenvalue weighted by Gasteiger charge is 2.19. The van der Waals surface area contributed by atoms with E-state index in [1.54, 1.807) is 6.07 Å². The fourth-order valence-corrected chi connectivity index (χ4v) is 2.93. The van der Waals surface area contributed by atoms with Crippen molar-refractivity contribution in [3.05, 3.63) is 65.7 Å². The van der Waals surface area contributed by atoms with Crippen LogP contribution in [0.1, 0.15) is 28.8 Å². The van der Waals surface area contributed by atoms with Crippen LogP contribution < -0.4 is 4.90 Å². The zero-order valence-electron chi connectivity index (χ0n) is 13.6. The number of esters is 1. The van der Waals surface area contributed by atoms with Gasteiger partial charge in [-0.15, -0.1) is 0 Å². The number of carbonyl (C=O) groups is 2. The Labute approximate surface area is 142 Å².